The van der Waals surface area contributed by atoms with Crippen LogP contribution >= 0.6 is 11.6 Å². The molecule has 1 aliphatic rings. The monoisotopic (exact) mass is 314 g/mol. The summed E-state index contributed by atoms with van der Waals surface area (Å²) in [4.78, 5) is 22.9. The first-order chi connectivity index (χ1) is 9.88. The summed E-state index contributed by atoms with van der Waals surface area (Å²) in [5, 5.41) is 14.3. The van der Waals surface area contributed by atoms with E-state index >= 15 is 0 Å². The molecule has 0 bridgehead atoms. The lowest BCUT2D eigenvalue weighted by Crippen LogP contribution is -2.49. The third kappa shape index (κ3) is 4.32. The van der Waals surface area contributed by atoms with Crippen molar-refractivity contribution in [1.82, 2.24) is 5.32 Å². The van der Waals surface area contributed by atoms with E-state index in [1.807, 2.05) is 0 Å². The largest absolute Gasteiger partial charge is 0.481 e. The van der Waals surface area contributed by atoms with Gasteiger partial charge in [-0.25, -0.2) is 9.18 Å². The number of hydrogen-bond donors (Lipinski definition) is 3. The summed E-state index contributed by atoms with van der Waals surface area (Å²) in [6, 6.07) is 3.14. The van der Waals surface area contributed by atoms with E-state index in [2.05, 4.69) is 10.6 Å². The average molecular weight is 315 g/mol. The van der Waals surface area contributed by atoms with E-state index in [1.165, 1.54) is 6.07 Å². The topological polar surface area (TPSA) is 78.4 Å². The number of rotatable bonds is 4. The number of hydrogen-bond acceptors (Lipinski definition) is 2. The summed E-state index contributed by atoms with van der Waals surface area (Å²) < 4.78 is 13.2. The van der Waals surface area contributed by atoms with Crippen molar-refractivity contribution >= 4 is 29.3 Å². The van der Waals surface area contributed by atoms with Gasteiger partial charge >= 0.3 is 12.0 Å². The van der Waals surface area contributed by atoms with Crippen LogP contribution in [-0.4, -0.2) is 22.6 Å². The van der Waals surface area contributed by atoms with Gasteiger partial charge in [-0.3, -0.25) is 4.79 Å². The molecule has 0 spiro atoms. The second-order valence-electron chi connectivity index (χ2n) is 5.30. The van der Waals surface area contributed by atoms with Crippen molar-refractivity contribution < 1.29 is 19.1 Å². The molecule has 1 aliphatic carbocycles. The van der Waals surface area contributed by atoms with Gasteiger partial charge < -0.3 is 15.7 Å². The van der Waals surface area contributed by atoms with Crippen LogP contribution in [0.3, 0.4) is 0 Å². The van der Waals surface area contributed by atoms with E-state index in [0.717, 1.165) is 25.0 Å². The Morgan fingerprint density at radius 1 is 1.29 bits per heavy atom. The van der Waals surface area contributed by atoms with Crippen molar-refractivity contribution in [1.29, 1.82) is 0 Å². The van der Waals surface area contributed by atoms with Crippen LogP contribution in [0.4, 0.5) is 14.9 Å². The van der Waals surface area contributed by atoms with Crippen LogP contribution in [-0.2, 0) is 4.79 Å². The summed E-state index contributed by atoms with van der Waals surface area (Å²) in [7, 11) is 0. The van der Waals surface area contributed by atoms with Gasteiger partial charge in [0.2, 0.25) is 0 Å². The molecule has 21 heavy (non-hydrogen) atoms. The maximum Gasteiger partial charge on any atom is 0.319 e. The van der Waals surface area contributed by atoms with Crippen LogP contribution in [0.1, 0.15) is 32.1 Å². The molecule has 2 rings (SSSR count). The average Bonchev–Trinajstić information content (AvgIpc) is 2.74. The molecular formula is C14H16ClFN2O3. The zero-order valence-corrected chi connectivity index (χ0v) is 12.0. The fraction of sp³-hybridized carbons (Fsp3) is 0.429. The normalized spacial score (nSPS) is 16.5. The molecular weight excluding hydrogens is 299 g/mol. The highest BCUT2D eigenvalue weighted by Crippen LogP contribution is 2.32. The van der Waals surface area contributed by atoms with Gasteiger partial charge in [-0.1, -0.05) is 24.4 Å². The van der Waals surface area contributed by atoms with Gasteiger partial charge in [0.05, 0.1) is 12.0 Å². The van der Waals surface area contributed by atoms with E-state index < -0.39 is 23.4 Å². The molecule has 0 atom stereocenters. The molecule has 1 fully saturated rings. The van der Waals surface area contributed by atoms with Crippen LogP contribution in [0.25, 0.3) is 0 Å². The number of benzene rings is 1. The molecule has 2 amide bonds. The zero-order chi connectivity index (χ0) is 15.5. The minimum Gasteiger partial charge on any atom is -0.481 e. The molecule has 0 aromatic heterocycles. The van der Waals surface area contributed by atoms with Gasteiger partial charge in [0, 0.05) is 10.7 Å². The molecule has 0 aliphatic heterocycles. The number of carbonyl (C=O) groups is 2. The fourth-order valence-corrected chi connectivity index (χ4v) is 2.94. The second kappa shape index (κ2) is 6.30. The Kier molecular flexibility index (Phi) is 4.67. The number of amides is 2. The lowest BCUT2D eigenvalue weighted by molar-refractivity contribution is -0.138. The van der Waals surface area contributed by atoms with Gasteiger partial charge in [0.25, 0.3) is 0 Å². The summed E-state index contributed by atoms with van der Waals surface area (Å²) in [6.45, 7) is 0. The molecule has 0 radical (unpaired) electrons. The molecule has 0 unspecified atom stereocenters. The number of carboxylic acid groups (broad SMARTS) is 1. The van der Waals surface area contributed by atoms with Crippen molar-refractivity contribution in [3.05, 3.63) is 29.0 Å². The maximum absolute atomic E-state index is 13.2. The molecule has 0 heterocycles. The Labute approximate surface area is 126 Å². The molecule has 3 N–H and O–H groups in total. The Morgan fingerprint density at radius 3 is 2.52 bits per heavy atom. The maximum atomic E-state index is 13.2. The smallest absolute Gasteiger partial charge is 0.319 e. The van der Waals surface area contributed by atoms with Gasteiger partial charge in [-0.05, 0) is 31.0 Å². The minimum absolute atomic E-state index is 0.121. The first-order valence-corrected chi connectivity index (χ1v) is 7.03. The zero-order valence-electron chi connectivity index (χ0n) is 11.3. The Morgan fingerprint density at radius 2 is 1.95 bits per heavy atom. The SMILES string of the molecule is O=C(O)CC1(NC(=O)Nc2cc(F)cc(Cl)c2)CCCC1. The first kappa shape index (κ1) is 15.6. The predicted molar refractivity (Wildman–Crippen MR) is 77.0 cm³/mol. The number of anilines is 1. The summed E-state index contributed by atoms with van der Waals surface area (Å²) in [6.07, 6.45) is 2.87. The standard InChI is InChI=1S/C14H16ClFN2O3/c15-9-5-10(16)7-11(6-9)17-13(21)18-14(8-12(19)20)3-1-2-4-14/h5-7H,1-4,8H2,(H,19,20)(H2,17,18,21). The van der Waals surface area contributed by atoms with Crippen molar-refractivity contribution in [2.45, 2.75) is 37.6 Å². The third-order valence-corrected chi connectivity index (χ3v) is 3.77. The summed E-state index contributed by atoms with van der Waals surface area (Å²) in [5.41, 5.74) is -0.506. The van der Waals surface area contributed by atoms with E-state index in [9.17, 15) is 14.0 Å². The molecule has 0 saturated heterocycles. The molecule has 114 valence electrons. The molecule has 1 saturated carbocycles. The van der Waals surface area contributed by atoms with Crippen molar-refractivity contribution in [3.8, 4) is 0 Å². The van der Waals surface area contributed by atoms with E-state index in [4.69, 9.17) is 16.7 Å². The third-order valence-electron chi connectivity index (χ3n) is 3.55. The highest BCUT2D eigenvalue weighted by atomic mass is 35.5. The molecule has 1 aromatic rings. The predicted octanol–water partition coefficient (Wildman–Crippen LogP) is 3.39. The number of aliphatic carboxylic acids is 1. The van der Waals surface area contributed by atoms with Gasteiger partial charge in [-0.15, -0.1) is 0 Å². The molecule has 7 heteroatoms. The second-order valence-corrected chi connectivity index (χ2v) is 5.73. The van der Waals surface area contributed by atoms with Crippen LogP contribution < -0.4 is 10.6 Å². The van der Waals surface area contributed by atoms with Gasteiger partial charge in [-0.2, -0.15) is 0 Å². The minimum atomic E-state index is -0.953. The van der Waals surface area contributed by atoms with Gasteiger partial charge in [0.15, 0.2) is 0 Å². The van der Waals surface area contributed by atoms with Gasteiger partial charge in [0.1, 0.15) is 5.82 Å². The van der Waals surface area contributed by atoms with Crippen LogP contribution in [0, 0.1) is 5.82 Å². The van der Waals surface area contributed by atoms with Crippen LogP contribution in [0.5, 0.6) is 0 Å². The number of carbonyl (C=O) groups excluding carboxylic acids is 1. The number of halogens is 2. The Hall–Kier alpha value is -1.82. The quantitative estimate of drug-likeness (QED) is 0.797. The van der Waals surface area contributed by atoms with Crippen molar-refractivity contribution in [3.63, 3.8) is 0 Å². The lowest BCUT2D eigenvalue weighted by atomic mass is 9.93. The molecule has 1 aromatic carbocycles. The summed E-state index contributed by atoms with van der Waals surface area (Å²) >= 11 is 5.71. The number of carboxylic acids is 1. The van der Waals surface area contributed by atoms with Crippen molar-refractivity contribution in [2.24, 2.45) is 0 Å². The van der Waals surface area contributed by atoms with Crippen molar-refractivity contribution in [2.75, 3.05) is 5.32 Å². The highest BCUT2D eigenvalue weighted by Gasteiger charge is 2.37. The highest BCUT2D eigenvalue weighted by molar-refractivity contribution is 6.30. The lowest BCUT2D eigenvalue weighted by Gasteiger charge is -2.28. The van der Waals surface area contributed by atoms with E-state index in [-0.39, 0.29) is 17.1 Å². The number of urea groups is 1. The first-order valence-electron chi connectivity index (χ1n) is 6.66. The fourth-order valence-electron chi connectivity index (χ4n) is 2.72. The molecule has 5 nitrogen and oxygen atoms in total. The van der Waals surface area contributed by atoms with E-state index in [0.29, 0.717) is 12.8 Å². The Balaban J connectivity index is 2.04. The van der Waals surface area contributed by atoms with E-state index in [1.54, 1.807) is 0 Å². The Bertz CT molecular complexity index is 539. The van der Waals surface area contributed by atoms with Crippen LogP contribution in [0.2, 0.25) is 5.02 Å². The summed E-state index contributed by atoms with van der Waals surface area (Å²) in [5.74, 6) is -1.51. The number of nitrogens with one attached hydrogen (secondary N) is 2. The van der Waals surface area contributed by atoms with Crippen LogP contribution in [0.15, 0.2) is 18.2 Å².